The zero-order valence-electron chi connectivity index (χ0n) is 20.4. The molecule has 4 aromatic rings. The van der Waals surface area contributed by atoms with Crippen LogP contribution in [0.2, 0.25) is 0 Å². The molecule has 0 N–H and O–H groups in total. The first-order valence-electron chi connectivity index (χ1n) is 11.7. The Bertz CT molecular complexity index is 1550. The van der Waals surface area contributed by atoms with Crippen LogP contribution in [0.1, 0.15) is 37.8 Å². The monoisotopic (exact) mass is 511 g/mol. The van der Waals surface area contributed by atoms with E-state index in [0.29, 0.717) is 47.7 Å². The molecule has 192 valence electrons. The van der Waals surface area contributed by atoms with Crippen molar-refractivity contribution in [2.75, 3.05) is 6.54 Å². The van der Waals surface area contributed by atoms with Crippen molar-refractivity contribution in [2.24, 2.45) is 0 Å². The van der Waals surface area contributed by atoms with Gasteiger partial charge in [0.15, 0.2) is 0 Å². The van der Waals surface area contributed by atoms with E-state index >= 15 is 0 Å². The highest BCUT2D eigenvalue weighted by atomic mass is 19.4. The molecule has 0 aliphatic carbocycles. The third-order valence-electron chi connectivity index (χ3n) is 6.06. The van der Waals surface area contributed by atoms with E-state index in [-0.39, 0.29) is 5.56 Å². The number of halogens is 3. The first-order valence-corrected chi connectivity index (χ1v) is 11.7. The fourth-order valence-electron chi connectivity index (χ4n) is 4.33. The summed E-state index contributed by atoms with van der Waals surface area (Å²) in [6.45, 7) is 6.26. The van der Waals surface area contributed by atoms with E-state index in [1.165, 1.54) is 16.7 Å². The van der Waals surface area contributed by atoms with Gasteiger partial charge in [-0.25, -0.2) is 4.79 Å². The van der Waals surface area contributed by atoms with Crippen molar-refractivity contribution in [3.05, 3.63) is 82.2 Å². The second-order valence-electron chi connectivity index (χ2n) is 9.89. The molecule has 0 saturated heterocycles. The lowest BCUT2D eigenvalue weighted by Crippen LogP contribution is -2.39. The average molecular weight is 512 g/mol. The summed E-state index contributed by atoms with van der Waals surface area (Å²) in [4.78, 5) is 30.4. The maximum Gasteiger partial charge on any atom is 0.433 e. The molecule has 4 heterocycles. The average Bonchev–Trinajstić information content (AvgIpc) is 3.19. The lowest BCUT2D eigenvalue weighted by Gasteiger charge is -2.29. The molecular formula is C27H24F3N3O4. The summed E-state index contributed by atoms with van der Waals surface area (Å²) >= 11 is 0. The Labute approximate surface area is 210 Å². The molecule has 1 aliphatic heterocycles. The lowest BCUT2D eigenvalue weighted by atomic mass is 10.0. The molecule has 5 rings (SSSR count). The maximum atomic E-state index is 12.9. The van der Waals surface area contributed by atoms with Crippen LogP contribution >= 0.6 is 0 Å². The highest BCUT2D eigenvalue weighted by molar-refractivity contribution is 5.85. The van der Waals surface area contributed by atoms with Crippen molar-refractivity contribution in [1.82, 2.24) is 14.5 Å². The molecule has 0 fully saturated rings. The summed E-state index contributed by atoms with van der Waals surface area (Å²) in [6, 6.07) is 10.6. The van der Waals surface area contributed by atoms with Crippen molar-refractivity contribution in [3.63, 3.8) is 0 Å². The molecule has 1 aliphatic rings. The zero-order chi connectivity index (χ0) is 26.5. The van der Waals surface area contributed by atoms with Gasteiger partial charge in [0.1, 0.15) is 22.6 Å². The van der Waals surface area contributed by atoms with E-state index in [9.17, 15) is 22.8 Å². The minimum atomic E-state index is -4.53. The maximum absolute atomic E-state index is 12.9. The number of ether oxygens (including phenoxy) is 1. The fraction of sp³-hybridized carbons (Fsp3) is 0.296. The number of alkyl halides is 3. The number of hydrogen-bond donors (Lipinski definition) is 0. The van der Waals surface area contributed by atoms with E-state index in [1.807, 2.05) is 26.8 Å². The Hall–Kier alpha value is -4.08. The van der Waals surface area contributed by atoms with Crippen LogP contribution in [0.3, 0.4) is 0 Å². The molecule has 7 nitrogen and oxygen atoms in total. The number of furan rings is 1. The van der Waals surface area contributed by atoms with E-state index in [2.05, 4.69) is 4.98 Å². The Morgan fingerprint density at radius 2 is 1.84 bits per heavy atom. The fourth-order valence-corrected chi connectivity index (χ4v) is 4.33. The second-order valence-corrected chi connectivity index (χ2v) is 9.89. The second kappa shape index (κ2) is 8.79. The molecule has 0 saturated carbocycles. The van der Waals surface area contributed by atoms with E-state index in [0.717, 1.165) is 23.2 Å². The van der Waals surface area contributed by atoms with Crippen molar-refractivity contribution in [3.8, 4) is 16.8 Å². The predicted octanol–water partition coefficient (Wildman–Crippen LogP) is 5.96. The van der Waals surface area contributed by atoms with Gasteiger partial charge < -0.3 is 14.1 Å². The molecule has 37 heavy (non-hydrogen) atoms. The molecule has 0 atom stereocenters. The van der Waals surface area contributed by atoms with Crippen LogP contribution in [0.4, 0.5) is 18.0 Å². The number of rotatable bonds is 2. The summed E-state index contributed by atoms with van der Waals surface area (Å²) in [5.41, 5.74) is 1.11. The molecule has 0 unspecified atom stereocenters. The standard InChI is InChI=1S/C27H24F3N3O4/c1-26(2,3)37-25(35)32-10-9-20-19-6-5-18(13-21(19)36-22(20)15-32)33-11-8-16(12-24(33)34)17-4-7-23(31-14-17)27(28,29)30/h4-8,11-14H,9-10,15H2,1-3H3. The smallest absolute Gasteiger partial charge is 0.433 e. The first-order chi connectivity index (χ1) is 17.4. The summed E-state index contributed by atoms with van der Waals surface area (Å²) in [5.74, 6) is 0.682. The van der Waals surface area contributed by atoms with E-state index < -0.39 is 23.6 Å². The number of aromatic nitrogens is 2. The van der Waals surface area contributed by atoms with Crippen LogP contribution in [-0.4, -0.2) is 32.7 Å². The minimum absolute atomic E-state index is 0.296. The summed E-state index contributed by atoms with van der Waals surface area (Å²) in [7, 11) is 0. The quantitative estimate of drug-likeness (QED) is 0.332. The van der Waals surface area contributed by atoms with Gasteiger partial charge in [-0.15, -0.1) is 0 Å². The van der Waals surface area contributed by atoms with Crippen molar-refractivity contribution in [1.29, 1.82) is 0 Å². The lowest BCUT2D eigenvalue weighted by molar-refractivity contribution is -0.141. The summed E-state index contributed by atoms with van der Waals surface area (Å²) in [6.07, 6.45) is -1.64. The van der Waals surface area contributed by atoms with E-state index in [1.54, 1.807) is 29.3 Å². The molecule has 0 bridgehead atoms. The highest BCUT2D eigenvalue weighted by Gasteiger charge is 2.32. The van der Waals surface area contributed by atoms with Crippen molar-refractivity contribution < 1.29 is 27.1 Å². The summed E-state index contributed by atoms with van der Waals surface area (Å²) < 4.78 is 51.3. The van der Waals surface area contributed by atoms with Gasteiger partial charge in [0.05, 0.1) is 12.2 Å². The van der Waals surface area contributed by atoms with Crippen LogP contribution < -0.4 is 5.56 Å². The van der Waals surface area contributed by atoms with E-state index in [4.69, 9.17) is 9.15 Å². The number of carbonyl (C=O) groups excluding carboxylic acids is 1. The number of carbonyl (C=O) groups is 1. The Kier molecular flexibility index (Phi) is 5.85. The van der Waals surface area contributed by atoms with Crippen molar-refractivity contribution in [2.45, 2.75) is 45.5 Å². The van der Waals surface area contributed by atoms with Crippen LogP contribution in [0.5, 0.6) is 0 Å². The number of nitrogens with zero attached hydrogens (tertiary/aromatic N) is 3. The molecule has 10 heteroatoms. The molecule has 0 spiro atoms. The van der Waals surface area contributed by atoms with Crippen LogP contribution in [-0.2, 0) is 23.9 Å². The van der Waals surface area contributed by atoms with Crippen molar-refractivity contribution >= 4 is 17.1 Å². The molecule has 1 amide bonds. The topological polar surface area (TPSA) is 77.6 Å². The Morgan fingerprint density at radius 1 is 1.05 bits per heavy atom. The third-order valence-corrected chi connectivity index (χ3v) is 6.06. The molecule has 1 aromatic carbocycles. The van der Waals surface area contributed by atoms with Gasteiger partial charge in [0.25, 0.3) is 5.56 Å². The third kappa shape index (κ3) is 4.96. The minimum Gasteiger partial charge on any atom is -0.459 e. The largest absolute Gasteiger partial charge is 0.459 e. The highest BCUT2D eigenvalue weighted by Crippen LogP contribution is 2.33. The number of amides is 1. The SMILES string of the molecule is CC(C)(C)OC(=O)N1CCc2c(oc3cc(-n4ccc(-c5ccc(C(F)(F)F)nc5)cc4=O)ccc23)C1. The number of benzene rings is 1. The van der Waals surface area contributed by atoms with Gasteiger partial charge >= 0.3 is 12.3 Å². The Morgan fingerprint density at radius 3 is 2.49 bits per heavy atom. The van der Waals surface area contributed by atoms with Gasteiger partial charge in [-0.05, 0) is 57.0 Å². The number of pyridine rings is 2. The van der Waals surface area contributed by atoms with Gasteiger partial charge in [0, 0.05) is 47.6 Å². The van der Waals surface area contributed by atoms with Crippen LogP contribution in [0.15, 0.2) is 64.1 Å². The van der Waals surface area contributed by atoms with Gasteiger partial charge in [-0.1, -0.05) is 6.07 Å². The molecular weight excluding hydrogens is 487 g/mol. The van der Waals surface area contributed by atoms with Crippen LogP contribution in [0, 0.1) is 0 Å². The number of fused-ring (bicyclic) bond motifs is 3. The zero-order valence-corrected chi connectivity index (χ0v) is 20.4. The van der Waals surface area contributed by atoms with Crippen LogP contribution in [0.25, 0.3) is 27.8 Å². The predicted molar refractivity (Wildman–Crippen MR) is 130 cm³/mol. The van der Waals surface area contributed by atoms with Gasteiger partial charge in [-0.3, -0.25) is 14.3 Å². The molecule has 3 aromatic heterocycles. The van der Waals surface area contributed by atoms with Gasteiger partial charge in [-0.2, -0.15) is 13.2 Å². The first kappa shape index (κ1) is 24.6. The number of hydrogen-bond acceptors (Lipinski definition) is 5. The Balaban J connectivity index is 1.40. The molecule has 0 radical (unpaired) electrons. The summed E-state index contributed by atoms with van der Waals surface area (Å²) in [5, 5.41) is 0.920. The normalized spacial score (nSPS) is 14.1. The van der Waals surface area contributed by atoms with Gasteiger partial charge in [0.2, 0.25) is 0 Å².